The Morgan fingerprint density at radius 1 is 1.57 bits per heavy atom. The number of halogens is 1. The van der Waals surface area contributed by atoms with E-state index in [-0.39, 0.29) is 12.4 Å². The maximum absolute atomic E-state index is 11.2. The van der Waals surface area contributed by atoms with E-state index in [2.05, 4.69) is 15.9 Å². The first kappa shape index (κ1) is 10.9. The molecule has 14 heavy (non-hydrogen) atoms. The molecule has 0 aromatic heterocycles. The number of Topliss-reactive ketones (excluding diaryl/α,β-unsaturated/α-hetero) is 1. The zero-order valence-corrected chi connectivity index (χ0v) is 9.21. The molecule has 0 atom stereocenters. The Labute approximate surface area is 90.2 Å². The Balaban J connectivity index is 3.01. The van der Waals surface area contributed by atoms with Crippen LogP contribution >= 0.6 is 15.9 Å². The van der Waals surface area contributed by atoms with Crippen LogP contribution in [0.25, 0.3) is 0 Å². The first-order valence-corrected chi connectivity index (χ1v) is 4.81. The molecule has 0 aliphatic rings. The summed E-state index contributed by atoms with van der Waals surface area (Å²) in [6.45, 7) is 1.41. The standard InChI is InChI=1S/C10H9BrO3/c1-7(13)9-6-8(11)2-3-10(9)14-5-4-12/h2-4,6H,5H2,1H3. The molecule has 0 fully saturated rings. The smallest absolute Gasteiger partial charge is 0.163 e. The van der Waals surface area contributed by atoms with E-state index in [9.17, 15) is 9.59 Å². The zero-order chi connectivity index (χ0) is 10.6. The predicted octanol–water partition coefficient (Wildman–Crippen LogP) is 2.23. The molecule has 0 spiro atoms. The molecule has 0 aliphatic carbocycles. The molecule has 1 rings (SSSR count). The molecule has 0 unspecified atom stereocenters. The number of ketones is 1. The topological polar surface area (TPSA) is 43.4 Å². The van der Waals surface area contributed by atoms with Gasteiger partial charge in [0.15, 0.2) is 12.1 Å². The summed E-state index contributed by atoms with van der Waals surface area (Å²) in [5, 5.41) is 0. The van der Waals surface area contributed by atoms with Gasteiger partial charge in [-0.2, -0.15) is 0 Å². The van der Waals surface area contributed by atoms with Gasteiger partial charge in [0.05, 0.1) is 5.56 Å². The van der Waals surface area contributed by atoms with Crippen molar-refractivity contribution in [2.75, 3.05) is 6.61 Å². The van der Waals surface area contributed by atoms with Crippen molar-refractivity contribution in [3.05, 3.63) is 28.2 Å². The summed E-state index contributed by atoms with van der Waals surface area (Å²) in [6, 6.07) is 5.08. The van der Waals surface area contributed by atoms with Gasteiger partial charge in [0.2, 0.25) is 0 Å². The molecule has 0 saturated carbocycles. The van der Waals surface area contributed by atoms with Crippen molar-refractivity contribution in [3.63, 3.8) is 0 Å². The SMILES string of the molecule is CC(=O)c1cc(Br)ccc1OCC=O. The maximum atomic E-state index is 11.2. The second kappa shape index (κ2) is 4.91. The van der Waals surface area contributed by atoms with Crippen LogP contribution in [0.1, 0.15) is 17.3 Å². The number of hydrogen-bond donors (Lipinski definition) is 0. The summed E-state index contributed by atoms with van der Waals surface area (Å²) in [7, 11) is 0. The molecule has 0 aliphatic heterocycles. The fraction of sp³-hybridized carbons (Fsp3) is 0.200. The van der Waals surface area contributed by atoms with Gasteiger partial charge in [-0.25, -0.2) is 0 Å². The molecular formula is C10H9BrO3. The molecule has 0 amide bonds. The number of aldehydes is 1. The molecule has 74 valence electrons. The van der Waals surface area contributed by atoms with E-state index in [4.69, 9.17) is 4.74 Å². The van der Waals surface area contributed by atoms with Crippen molar-refractivity contribution in [1.29, 1.82) is 0 Å². The minimum atomic E-state index is -0.0906. The minimum Gasteiger partial charge on any atom is -0.485 e. The number of benzene rings is 1. The lowest BCUT2D eigenvalue weighted by molar-refractivity contribution is -0.109. The third-order valence-corrected chi connectivity index (χ3v) is 2.12. The van der Waals surface area contributed by atoms with Crippen LogP contribution in [0.4, 0.5) is 0 Å². The largest absolute Gasteiger partial charge is 0.485 e. The van der Waals surface area contributed by atoms with Crippen LogP contribution in [0.2, 0.25) is 0 Å². The van der Waals surface area contributed by atoms with Crippen LogP contribution in [0.15, 0.2) is 22.7 Å². The second-order valence-corrected chi connectivity index (χ2v) is 3.59. The van der Waals surface area contributed by atoms with Gasteiger partial charge in [-0.15, -0.1) is 0 Å². The Morgan fingerprint density at radius 2 is 2.29 bits per heavy atom. The van der Waals surface area contributed by atoms with Crippen molar-refractivity contribution >= 4 is 28.0 Å². The predicted molar refractivity (Wildman–Crippen MR) is 55.7 cm³/mol. The molecule has 0 N–H and O–H groups in total. The van der Waals surface area contributed by atoms with Crippen LogP contribution < -0.4 is 4.74 Å². The summed E-state index contributed by atoms with van der Waals surface area (Å²) in [6.07, 6.45) is 0.645. The van der Waals surface area contributed by atoms with Gasteiger partial charge in [-0.3, -0.25) is 9.59 Å². The van der Waals surface area contributed by atoms with Crippen LogP contribution in [-0.4, -0.2) is 18.7 Å². The summed E-state index contributed by atoms with van der Waals surface area (Å²) in [5.74, 6) is 0.347. The molecule has 0 bridgehead atoms. The number of carbonyl (C=O) groups is 2. The lowest BCUT2D eigenvalue weighted by atomic mass is 10.1. The quantitative estimate of drug-likeness (QED) is 0.613. The molecule has 1 aromatic rings. The Bertz CT molecular complexity index is 360. The maximum Gasteiger partial charge on any atom is 0.163 e. The summed E-state index contributed by atoms with van der Waals surface area (Å²) in [4.78, 5) is 21.3. The molecular weight excluding hydrogens is 248 g/mol. The summed E-state index contributed by atoms with van der Waals surface area (Å²) >= 11 is 3.26. The zero-order valence-electron chi connectivity index (χ0n) is 7.62. The van der Waals surface area contributed by atoms with Crippen LogP contribution in [0.5, 0.6) is 5.75 Å². The van der Waals surface area contributed by atoms with Gasteiger partial charge in [0, 0.05) is 4.47 Å². The normalized spacial score (nSPS) is 9.57. The van der Waals surface area contributed by atoms with Gasteiger partial charge >= 0.3 is 0 Å². The van der Waals surface area contributed by atoms with Gasteiger partial charge in [0.1, 0.15) is 12.4 Å². The van der Waals surface area contributed by atoms with E-state index in [1.165, 1.54) is 6.92 Å². The monoisotopic (exact) mass is 256 g/mol. The van der Waals surface area contributed by atoms with E-state index in [0.717, 1.165) is 4.47 Å². The summed E-state index contributed by atoms with van der Waals surface area (Å²) in [5.41, 5.74) is 0.473. The van der Waals surface area contributed by atoms with Gasteiger partial charge in [-0.1, -0.05) is 15.9 Å². The summed E-state index contributed by atoms with van der Waals surface area (Å²) < 4.78 is 5.90. The number of hydrogen-bond acceptors (Lipinski definition) is 3. The van der Waals surface area contributed by atoms with Gasteiger partial charge in [0.25, 0.3) is 0 Å². The molecule has 3 nitrogen and oxygen atoms in total. The number of rotatable bonds is 4. The van der Waals surface area contributed by atoms with E-state index < -0.39 is 0 Å². The first-order chi connectivity index (χ1) is 6.65. The van der Waals surface area contributed by atoms with Crippen LogP contribution in [0, 0.1) is 0 Å². The minimum absolute atomic E-state index is 0.0398. The molecule has 0 saturated heterocycles. The highest BCUT2D eigenvalue weighted by Gasteiger charge is 2.08. The third-order valence-electron chi connectivity index (χ3n) is 1.63. The lowest BCUT2D eigenvalue weighted by Gasteiger charge is -2.07. The van der Waals surface area contributed by atoms with Crippen LogP contribution in [0.3, 0.4) is 0 Å². The fourth-order valence-electron chi connectivity index (χ4n) is 1.03. The molecule has 4 heteroatoms. The second-order valence-electron chi connectivity index (χ2n) is 2.67. The van der Waals surface area contributed by atoms with Crippen molar-refractivity contribution in [2.45, 2.75) is 6.92 Å². The molecule has 1 aromatic carbocycles. The van der Waals surface area contributed by atoms with Crippen molar-refractivity contribution < 1.29 is 14.3 Å². The fourth-order valence-corrected chi connectivity index (χ4v) is 1.39. The first-order valence-electron chi connectivity index (χ1n) is 4.02. The van der Waals surface area contributed by atoms with E-state index in [1.807, 2.05) is 0 Å². The van der Waals surface area contributed by atoms with Gasteiger partial charge < -0.3 is 4.74 Å². The van der Waals surface area contributed by atoms with Crippen LogP contribution in [-0.2, 0) is 4.79 Å². The average molecular weight is 257 g/mol. The van der Waals surface area contributed by atoms with Gasteiger partial charge in [-0.05, 0) is 25.1 Å². The Kier molecular flexibility index (Phi) is 3.83. The Morgan fingerprint density at radius 3 is 2.86 bits per heavy atom. The lowest BCUT2D eigenvalue weighted by Crippen LogP contribution is -2.03. The highest BCUT2D eigenvalue weighted by Crippen LogP contribution is 2.23. The Hall–Kier alpha value is -1.16. The van der Waals surface area contributed by atoms with E-state index in [1.54, 1.807) is 18.2 Å². The number of ether oxygens (including phenoxy) is 1. The van der Waals surface area contributed by atoms with Crippen molar-refractivity contribution in [3.8, 4) is 5.75 Å². The average Bonchev–Trinajstić information content (AvgIpc) is 2.15. The van der Waals surface area contributed by atoms with Crippen molar-refractivity contribution in [2.24, 2.45) is 0 Å². The molecule has 0 radical (unpaired) electrons. The van der Waals surface area contributed by atoms with E-state index in [0.29, 0.717) is 17.6 Å². The van der Waals surface area contributed by atoms with E-state index >= 15 is 0 Å². The highest BCUT2D eigenvalue weighted by molar-refractivity contribution is 9.10. The number of carbonyl (C=O) groups excluding carboxylic acids is 2. The highest BCUT2D eigenvalue weighted by atomic mass is 79.9. The molecule has 0 heterocycles. The third kappa shape index (κ3) is 2.67. The van der Waals surface area contributed by atoms with Crippen molar-refractivity contribution in [1.82, 2.24) is 0 Å².